The van der Waals surface area contributed by atoms with Crippen molar-refractivity contribution in [3.8, 4) is 0 Å². The smallest absolute Gasteiger partial charge is 0.370 e. The average molecular weight is 314 g/mol. The van der Waals surface area contributed by atoms with Crippen molar-refractivity contribution in [3.63, 3.8) is 0 Å². The van der Waals surface area contributed by atoms with Gasteiger partial charge in [-0.25, -0.2) is 0 Å². The van der Waals surface area contributed by atoms with Crippen molar-refractivity contribution in [2.75, 3.05) is 18.5 Å². The number of benzene rings is 1. The third-order valence-electron chi connectivity index (χ3n) is 3.25. The van der Waals surface area contributed by atoms with Crippen LogP contribution < -0.4 is 10.6 Å². The molecule has 6 heteroatoms. The van der Waals surface area contributed by atoms with Crippen LogP contribution in [0.1, 0.15) is 16.7 Å². The zero-order valence-electron chi connectivity index (χ0n) is 11.7. The van der Waals surface area contributed by atoms with Gasteiger partial charge in [-0.3, -0.25) is 0 Å². The van der Waals surface area contributed by atoms with Gasteiger partial charge in [-0.15, -0.1) is 0 Å². The second-order valence-corrected chi connectivity index (χ2v) is 5.65. The van der Waals surface area contributed by atoms with Gasteiger partial charge in [0.15, 0.2) is 0 Å². The van der Waals surface area contributed by atoms with Gasteiger partial charge < -0.3 is 10.6 Å². The van der Waals surface area contributed by atoms with E-state index in [1.54, 1.807) is 24.5 Å². The van der Waals surface area contributed by atoms with Crippen LogP contribution in [0.25, 0.3) is 0 Å². The Bertz CT molecular complexity index is 579. The number of rotatable bonds is 5. The number of nitrogens with zero attached hydrogens (tertiary/aromatic N) is 1. The van der Waals surface area contributed by atoms with E-state index >= 15 is 0 Å². The van der Waals surface area contributed by atoms with Crippen molar-refractivity contribution < 1.29 is 13.2 Å². The molecular formula is C15H17F3N2S. The fourth-order valence-electron chi connectivity index (χ4n) is 2.19. The molecule has 0 spiro atoms. The van der Waals surface area contributed by atoms with E-state index in [1.165, 1.54) is 12.1 Å². The molecule has 0 aliphatic carbocycles. The fourth-order valence-corrected chi connectivity index (χ4v) is 2.85. The molecule has 114 valence electrons. The molecule has 1 heterocycles. The second kappa shape index (κ2) is 6.49. The van der Waals surface area contributed by atoms with Gasteiger partial charge in [0.05, 0.1) is 5.56 Å². The number of thiophene rings is 1. The molecule has 1 aromatic carbocycles. The van der Waals surface area contributed by atoms with Crippen LogP contribution >= 0.6 is 11.3 Å². The lowest BCUT2D eigenvalue weighted by Crippen LogP contribution is -2.18. The summed E-state index contributed by atoms with van der Waals surface area (Å²) in [5, 5.41) is 3.94. The number of anilines is 1. The highest BCUT2D eigenvalue weighted by molar-refractivity contribution is 7.07. The molecule has 0 fully saturated rings. The molecule has 0 saturated heterocycles. The summed E-state index contributed by atoms with van der Waals surface area (Å²) in [7, 11) is 1.79. The molecule has 0 atom stereocenters. The number of halogens is 3. The first-order valence-corrected chi connectivity index (χ1v) is 7.48. The van der Waals surface area contributed by atoms with Crippen LogP contribution in [0, 0.1) is 0 Å². The fraction of sp³-hybridized carbons (Fsp3) is 0.333. The lowest BCUT2D eigenvalue weighted by Gasteiger charge is -2.21. The molecule has 0 amide bonds. The largest absolute Gasteiger partial charge is 0.416 e. The van der Waals surface area contributed by atoms with E-state index in [1.807, 2.05) is 21.7 Å². The number of alkyl halides is 3. The third-order valence-corrected chi connectivity index (χ3v) is 3.99. The Hall–Kier alpha value is -1.53. The highest BCUT2D eigenvalue weighted by atomic mass is 32.1. The Labute approximate surface area is 126 Å². The van der Waals surface area contributed by atoms with Crippen LogP contribution in [0.15, 0.2) is 35.0 Å². The van der Waals surface area contributed by atoms with Crippen molar-refractivity contribution in [2.24, 2.45) is 5.73 Å². The maximum absolute atomic E-state index is 13.1. The Kier molecular flexibility index (Phi) is 4.90. The van der Waals surface area contributed by atoms with Crippen LogP contribution in [0.3, 0.4) is 0 Å². The van der Waals surface area contributed by atoms with Crippen LogP contribution in [0.2, 0.25) is 0 Å². The Morgan fingerprint density at radius 2 is 2.00 bits per heavy atom. The van der Waals surface area contributed by atoms with Gasteiger partial charge >= 0.3 is 6.18 Å². The Morgan fingerprint density at radius 1 is 1.24 bits per heavy atom. The van der Waals surface area contributed by atoms with Crippen LogP contribution in [0.4, 0.5) is 18.9 Å². The van der Waals surface area contributed by atoms with Crippen molar-refractivity contribution in [2.45, 2.75) is 19.1 Å². The van der Waals surface area contributed by atoms with Crippen molar-refractivity contribution >= 4 is 17.0 Å². The van der Waals surface area contributed by atoms with Gasteiger partial charge in [0.2, 0.25) is 0 Å². The van der Waals surface area contributed by atoms with E-state index in [0.717, 1.165) is 5.56 Å². The molecule has 2 rings (SSSR count). The summed E-state index contributed by atoms with van der Waals surface area (Å²) in [5.41, 5.74) is 6.67. The van der Waals surface area contributed by atoms with Gasteiger partial charge in [0.1, 0.15) is 0 Å². The minimum Gasteiger partial charge on any atom is -0.370 e. The number of nitrogens with two attached hydrogens (primary N) is 1. The lowest BCUT2D eigenvalue weighted by atomic mass is 10.0. The Balaban J connectivity index is 2.28. The topological polar surface area (TPSA) is 29.3 Å². The second-order valence-electron chi connectivity index (χ2n) is 4.87. The van der Waals surface area contributed by atoms with E-state index in [4.69, 9.17) is 5.73 Å². The first-order valence-electron chi connectivity index (χ1n) is 6.54. The summed E-state index contributed by atoms with van der Waals surface area (Å²) in [6.45, 7) is 0.782. The maximum atomic E-state index is 13.1. The zero-order valence-corrected chi connectivity index (χ0v) is 12.5. The molecule has 0 aliphatic heterocycles. The quantitative estimate of drug-likeness (QED) is 0.907. The van der Waals surface area contributed by atoms with Crippen molar-refractivity contribution in [1.29, 1.82) is 0 Å². The van der Waals surface area contributed by atoms with Crippen molar-refractivity contribution in [1.82, 2.24) is 0 Å². The van der Waals surface area contributed by atoms with Gasteiger partial charge in [-0.2, -0.15) is 24.5 Å². The first kappa shape index (κ1) is 15.9. The van der Waals surface area contributed by atoms with E-state index in [9.17, 15) is 13.2 Å². The summed E-state index contributed by atoms with van der Waals surface area (Å²) in [4.78, 5) is 1.81. The molecule has 0 bridgehead atoms. The van der Waals surface area contributed by atoms with E-state index < -0.39 is 11.7 Å². The summed E-state index contributed by atoms with van der Waals surface area (Å²) < 4.78 is 39.4. The molecule has 0 saturated carbocycles. The van der Waals surface area contributed by atoms with Gasteiger partial charge in [-0.1, -0.05) is 6.07 Å². The molecule has 1 aromatic heterocycles. The van der Waals surface area contributed by atoms with Crippen molar-refractivity contribution in [3.05, 3.63) is 51.7 Å². The van der Waals surface area contributed by atoms with Gasteiger partial charge in [0.25, 0.3) is 0 Å². The number of hydrogen-bond acceptors (Lipinski definition) is 3. The lowest BCUT2D eigenvalue weighted by molar-refractivity contribution is -0.138. The molecule has 21 heavy (non-hydrogen) atoms. The summed E-state index contributed by atoms with van der Waals surface area (Å²) >= 11 is 1.57. The maximum Gasteiger partial charge on any atom is 0.416 e. The Morgan fingerprint density at radius 3 is 2.57 bits per heavy atom. The zero-order chi connectivity index (χ0) is 15.5. The predicted molar refractivity (Wildman–Crippen MR) is 80.6 cm³/mol. The third kappa shape index (κ3) is 3.98. The molecule has 0 aliphatic rings. The summed E-state index contributed by atoms with van der Waals surface area (Å²) in [5.74, 6) is 0. The van der Waals surface area contributed by atoms with E-state index in [-0.39, 0.29) is 18.5 Å². The minimum atomic E-state index is -4.36. The molecule has 0 unspecified atom stereocenters. The van der Waals surface area contributed by atoms with E-state index in [2.05, 4.69) is 0 Å². The minimum absolute atomic E-state index is 0.202. The number of hydrogen-bond donors (Lipinski definition) is 1. The molecular weight excluding hydrogens is 297 g/mol. The first-order chi connectivity index (χ1) is 9.91. The van der Waals surface area contributed by atoms with Gasteiger partial charge in [0, 0.05) is 19.3 Å². The van der Waals surface area contributed by atoms with Crippen LogP contribution in [0.5, 0.6) is 0 Å². The molecule has 2 aromatic rings. The summed E-state index contributed by atoms with van der Waals surface area (Å²) in [6.07, 6.45) is -4.13. The average Bonchev–Trinajstić information content (AvgIpc) is 2.91. The molecule has 2 N–H and O–H groups in total. The highest BCUT2D eigenvalue weighted by Crippen LogP contribution is 2.35. The van der Waals surface area contributed by atoms with Gasteiger partial charge in [-0.05, 0) is 53.1 Å². The SMILES string of the molecule is CN(Cc1ccsc1)c1ccc(CCN)c(C(F)(F)F)c1. The van der Waals surface area contributed by atoms with E-state index in [0.29, 0.717) is 12.2 Å². The predicted octanol–water partition coefficient (Wildman–Crippen LogP) is 3.90. The molecule has 0 radical (unpaired) electrons. The standard InChI is InChI=1S/C15H17F3N2S/c1-20(9-11-5-7-21-10-11)13-3-2-12(4-6-19)14(8-13)15(16,17)18/h2-3,5,7-8,10H,4,6,9,19H2,1H3. The monoisotopic (exact) mass is 314 g/mol. The summed E-state index contributed by atoms with van der Waals surface area (Å²) in [6, 6.07) is 6.41. The molecule has 2 nitrogen and oxygen atoms in total. The van der Waals surface area contributed by atoms with Crippen LogP contribution in [-0.2, 0) is 19.1 Å². The highest BCUT2D eigenvalue weighted by Gasteiger charge is 2.33. The van der Waals surface area contributed by atoms with Crippen LogP contribution in [-0.4, -0.2) is 13.6 Å². The normalized spacial score (nSPS) is 11.7.